The molecule has 1 aromatic heterocycles. The largest absolute Gasteiger partial charge is 0.493 e. The number of likely N-dealkylation sites (N-methyl/N-ethyl adjacent to an activating group) is 1. The number of aromatic nitrogens is 2. The summed E-state index contributed by atoms with van der Waals surface area (Å²) in [6.45, 7) is 0.915. The molecule has 1 aliphatic rings. The number of nitrogens with zero attached hydrogens (tertiary/aromatic N) is 3. The summed E-state index contributed by atoms with van der Waals surface area (Å²) in [4.78, 5) is 22.5. The molecule has 23 heavy (non-hydrogen) atoms. The quantitative estimate of drug-likeness (QED) is 0.857. The molecule has 0 N–H and O–H groups in total. The molecule has 0 saturated heterocycles. The maximum absolute atomic E-state index is 12.2. The summed E-state index contributed by atoms with van der Waals surface area (Å²) in [5.74, 6) is 1.83. The van der Waals surface area contributed by atoms with Gasteiger partial charge in [0, 0.05) is 18.8 Å². The van der Waals surface area contributed by atoms with Crippen LogP contribution < -0.4 is 14.2 Å². The van der Waals surface area contributed by atoms with Crippen LogP contribution in [0, 0.1) is 0 Å². The third kappa shape index (κ3) is 2.77. The van der Waals surface area contributed by atoms with E-state index in [2.05, 4.69) is 9.97 Å². The Labute approximate surface area is 133 Å². The van der Waals surface area contributed by atoms with Crippen molar-refractivity contribution in [3.8, 4) is 28.8 Å². The van der Waals surface area contributed by atoms with Crippen molar-refractivity contribution in [2.24, 2.45) is 0 Å². The lowest BCUT2D eigenvalue weighted by molar-refractivity contribution is 0.0796. The topological polar surface area (TPSA) is 73.8 Å². The molecule has 0 spiro atoms. The molecule has 120 valence electrons. The monoisotopic (exact) mass is 315 g/mol. The van der Waals surface area contributed by atoms with Crippen molar-refractivity contribution in [1.82, 2.24) is 14.9 Å². The minimum atomic E-state index is -0.142. The minimum Gasteiger partial charge on any atom is -0.493 e. The van der Waals surface area contributed by atoms with Gasteiger partial charge in [0.25, 0.3) is 5.91 Å². The Morgan fingerprint density at radius 2 is 2.00 bits per heavy atom. The van der Waals surface area contributed by atoms with Gasteiger partial charge in [-0.3, -0.25) is 4.79 Å². The van der Waals surface area contributed by atoms with Crippen LogP contribution in [-0.4, -0.2) is 55.2 Å². The van der Waals surface area contributed by atoms with Crippen molar-refractivity contribution in [1.29, 1.82) is 0 Å². The molecular formula is C16H17N3O4. The molecule has 0 atom stereocenters. The van der Waals surface area contributed by atoms with Crippen LogP contribution in [0.3, 0.4) is 0 Å². The first-order chi connectivity index (χ1) is 11.1. The maximum Gasteiger partial charge on any atom is 0.260 e. The number of benzene rings is 1. The molecule has 7 nitrogen and oxygen atoms in total. The first-order valence-corrected chi connectivity index (χ1v) is 7.11. The van der Waals surface area contributed by atoms with Crippen LogP contribution in [0.2, 0.25) is 0 Å². The predicted octanol–water partition coefficient (Wildman–Crippen LogP) is 1.63. The zero-order valence-corrected chi connectivity index (χ0v) is 13.2. The predicted molar refractivity (Wildman–Crippen MR) is 83.0 cm³/mol. The molecule has 3 rings (SSSR count). The number of methoxy groups -OCH3 is 2. The third-order valence-electron chi connectivity index (χ3n) is 3.64. The summed E-state index contributed by atoms with van der Waals surface area (Å²) in [6.07, 6.45) is 1.50. The summed E-state index contributed by atoms with van der Waals surface area (Å²) < 4.78 is 16.1. The third-order valence-corrected chi connectivity index (χ3v) is 3.64. The summed E-state index contributed by atoms with van der Waals surface area (Å²) in [5.41, 5.74) is 1.12. The second kappa shape index (κ2) is 6.12. The molecule has 1 aliphatic heterocycles. The number of amides is 1. The van der Waals surface area contributed by atoms with E-state index < -0.39 is 0 Å². The second-order valence-corrected chi connectivity index (χ2v) is 5.06. The van der Waals surface area contributed by atoms with Gasteiger partial charge in [0.1, 0.15) is 12.2 Å². The molecule has 1 aromatic carbocycles. The van der Waals surface area contributed by atoms with E-state index >= 15 is 0 Å². The standard InChI is InChI=1S/C16H17N3O4/c1-19-6-7-23-15-11(16(19)20)9-17-14(18-15)10-4-5-12(21-2)13(8-10)22-3/h4-5,8-9H,6-7H2,1-3H3. The Bertz CT molecular complexity index is 748. The lowest BCUT2D eigenvalue weighted by Gasteiger charge is -2.12. The van der Waals surface area contributed by atoms with Crippen molar-refractivity contribution < 1.29 is 19.0 Å². The zero-order valence-electron chi connectivity index (χ0n) is 13.2. The van der Waals surface area contributed by atoms with Crippen LogP contribution >= 0.6 is 0 Å². The average molecular weight is 315 g/mol. The number of rotatable bonds is 3. The Balaban J connectivity index is 2.02. The van der Waals surface area contributed by atoms with Gasteiger partial charge in [0.2, 0.25) is 5.88 Å². The molecule has 2 aromatic rings. The molecule has 0 saturated carbocycles. The van der Waals surface area contributed by atoms with Gasteiger partial charge < -0.3 is 19.1 Å². The summed E-state index contributed by atoms with van der Waals surface area (Å²) in [5, 5.41) is 0. The van der Waals surface area contributed by atoms with E-state index in [0.717, 1.165) is 5.56 Å². The molecule has 2 heterocycles. The van der Waals surface area contributed by atoms with Gasteiger partial charge in [0.05, 0.1) is 20.8 Å². The fourth-order valence-corrected chi connectivity index (χ4v) is 2.32. The molecule has 0 aliphatic carbocycles. The molecule has 7 heteroatoms. The van der Waals surface area contributed by atoms with Gasteiger partial charge in [-0.1, -0.05) is 0 Å². The van der Waals surface area contributed by atoms with Gasteiger partial charge >= 0.3 is 0 Å². The number of fused-ring (bicyclic) bond motifs is 1. The SMILES string of the molecule is COc1ccc(-c2ncc3c(n2)OCCN(C)C3=O)cc1OC. The number of hydrogen-bond acceptors (Lipinski definition) is 6. The highest BCUT2D eigenvalue weighted by Crippen LogP contribution is 2.32. The first-order valence-electron chi connectivity index (χ1n) is 7.11. The maximum atomic E-state index is 12.2. The zero-order chi connectivity index (χ0) is 16.4. The summed E-state index contributed by atoms with van der Waals surface area (Å²) in [6, 6.07) is 5.39. The smallest absolute Gasteiger partial charge is 0.260 e. The van der Waals surface area contributed by atoms with Crippen molar-refractivity contribution in [3.05, 3.63) is 30.0 Å². The number of carbonyl (C=O) groups is 1. The molecule has 0 unspecified atom stereocenters. The van der Waals surface area contributed by atoms with Crippen LogP contribution in [0.5, 0.6) is 17.4 Å². The molecule has 0 bridgehead atoms. The van der Waals surface area contributed by atoms with Crippen LogP contribution in [0.4, 0.5) is 0 Å². The minimum absolute atomic E-state index is 0.142. The van der Waals surface area contributed by atoms with E-state index in [1.807, 2.05) is 6.07 Å². The van der Waals surface area contributed by atoms with Gasteiger partial charge in [-0.2, -0.15) is 4.98 Å². The van der Waals surface area contributed by atoms with E-state index in [1.165, 1.54) is 6.20 Å². The lowest BCUT2D eigenvalue weighted by Crippen LogP contribution is -2.27. The summed E-state index contributed by atoms with van der Waals surface area (Å²) in [7, 11) is 4.87. The van der Waals surface area contributed by atoms with Crippen molar-refractivity contribution >= 4 is 5.91 Å². The number of hydrogen-bond donors (Lipinski definition) is 0. The normalized spacial score (nSPS) is 13.9. The fourth-order valence-electron chi connectivity index (χ4n) is 2.32. The average Bonchev–Trinajstić information content (AvgIpc) is 2.73. The van der Waals surface area contributed by atoms with E-state index in [1.54, 1.807) is 38.3 Å². The Morgan fingerprint density at radius 3 is 2.74 bits per heavy atom. The fraction of sp³-hybridized carbons (Fsp3) is 0.312. The van der Waals surface area contributed by atoms with E-state index in [4.69, 9.17) is 14.2 Å². The van der Waals surface area contributed by atoms with Gasteiger partial charge in [-0.15, -0.1) is 0 Å². The summed E-state index contributed by atoms with van der Waals surface area (Å²) >= 11 is 0. The number of carbonyl (C=O) groups excluding carboxylic acids is 1. The highest BCUT2D eigenvalue weighted by atomic mass is 16.5. The molecule has 0 fully saturated rings. The lowest BCUT2D eigenvalue weighted by atomic mass is 10.2. The van der Waals surface area contributed by atoms with Crippen LogP contribution in [0.1, 0.15) is 10.4 Å². The van der Waals surface area contributed by atoms with Gasteiger partial charge in [-0.25, -0.2) is 4.98 Å². The Hall–Kier alpha value is -2.83. The van der Waals surface area contributed by atoms with Crippen LogP contribution in [0.25, 0.3) is 11.4 Å². The van der Waals surface area contributed by atoms with Gasteiger partial charge in [-0.05, 0) is 18.2 Å². The van der Waals surface area contributed by atoms with E-state index in [-0.39, 0.29) is 5.91 Å². The highest BCUT2D eigenvalue weighted by Gasteiger charge is 2.23. The highest BCUT2D eigenvalue weighted by molar-refractivity contribution is 5.96. The van der Waals surface area contributed by atoms with Crippen LogP contribution in [0.15, 0.2) is 24.4 Å². The first kappa shape index (κ1) is 15.1. The Kier molecular flexibility index (Phi) is 4.01. The van der Waals surface area contributed by atoms with Gasteiger partial charge in [0.15, 0.2) is 17.3 Å². The van der Waals surface area contributed by atoms with E-state index in [9.17, 15) is 4.79 Å². The second-order valence-electron chi connectivity index (χ2n) is 5.06. The molecule has 1 amide bonds. The van der Waals surface area contributed by atoms with E-state index in [0.29, 0.717) is 41.9 Å². The van der Waals surface area contributed by atoms with Crippen molar-refractivity contribution in [3.63, 3.8) is 0 Å². The molecule has 0 radical (unpaired) electrons. The number of ether oxygens (including phenoxy) is 3. The molecular weight excluding hydrogens is 298 g/mol. The van der Waals surface area contributed by atoms with Crippen molar-refractivity contribution in [2.75, 3.05) is 34.4 Å². The van der Waals surface area contributed by atoms with Crippen molar-refractivity contribution in [2.45, 2.75) is 0 Å². The Morgan fingerprint density at radius 1 is 1.22 bits per heavy atom. The van der Waals surface area contributed by atoms with Crippen LogP contribution in [-0.2, 0) is 0 Å².